The highest BCUT2D eigenvalue weighted by Gasteiger charge is 2.09. The van der Waals surface area contributed by atoms with E-state index in [4.69, 9.17) is 11.6 Å². The number of fused-ring (bicyclic) bond motifs is 1. The van der Waals surface area contributed by atoms with Crippen LogP contribution in [0.15, 0.2) is 41.5 Å². The molecule has 0 aliphatic heterocycles. The van der Waals surface area contributed by atoms with E-state index in [1.807, 2.05) is 37.3 Å². The van der Waals surface area contributed by atoms with Crippen LogP contribution in [0.4, 0.5) is 0 Å². The van der Waals surface area contributed by atoms with Gasteiger partial charge in [0.2, 0.25) is 0 Å². The second kappa shape index (κ2) is 4.79. The van der Waals surface area contributed by atoms with Gasteiger partial charge in [0.15, 0.2) is 0 Å². The van der Waals surface area contributed by atoms with E-state index < -0.39 is 0 Å². The molecule has 0 amide bonds. The minimum Gasteiger partial charge on any atom is -0.298 e. The van der Waals surface area contributed by atoms with Crippen molar-refractivity contribution < 1.29 is 0 Å². The van der Waals surface area contributed by atoms with E-state index in [2.05, 4.69) is 4.98 Å². The molecule has 2 aromatic heterocycles. The van der Waals surface area contributed by atoms with Gasteiger partial charge in [-0.1, -0.05) is 23.7 Å². The molecule has 0 unspecified atom stereocenters. The maximum atomic E-state index is 12.2. The quantitative estimate of drug-likeness (QED) is 0.719. The van der Waals surface area contributed by atoms with E-state index >= 15 is 0 Å². The van der Waals surface area contributed by atoms with Crippen LogP contribution in [-0.2, 0) is 6.54 Å². The summed E-state index contributed by atoms with van der Waals surface area (Å²) in [5.41, 5.74) is 1.83. The first-order valence-corrected chi connectivity index (χ1v) is 7.13. The van der Waals surface area contributed by atoms with Crippen LogP contribution in [0.3, 0.4) is 0 Å². The summed E-state index contributed by atoms with van der Waals surface area (Å²) in [7, 11) is 0. The van der Waals surface area contributed by atoms with E-state index in [0.29, 0.717) is 16.3 Å². The highest BCUT2D eigenvalue weighted by atomic mass is 35.5. The molecule has 0 aliphatic carbocycles. The van der Waals surface area contributed by atoms with Crippen molar-refractivity contribution in [1.82, 2.24) is 9.55 Å². The van der Waals surface area contributed by atoms with Crippen molar-refractivity contribution in [1.29, 1.82) is 0 Å². The fourth-order valence-electron chi connectivity index (χ4n) is 1.93. The maximum absolute atomic E-state index is 12.2. The second-order valence-electron chi connectivity index (χ2n) is 4.17. The molecule has 0 fully saturated rings. The lowest BCUT2D eigenvalue weighted by atomic mass is 10.2. The molecule has 0 N–H and O–H groups in total. The smallest absolute Gasteiger partial charge is 0.271 e. The van der Waals surface area contributed by atoms with E-state index in [1.165, 1.54) is 11.3 Å². The van der Waals surface area contributed by atoms with Crippen molar-refractivity contribution in [3.05, 3.63) is 52.0 Å². The van der Waals surface area contributed by atoms with Gasteiger partial charge in [-0.15, -0.1) is 11.3 Å². The lowest BCUT2D eigenvalue weighted by Gasteiger charge is -1.98. The van der Waals surface area contributed by atoms with Gasteiger partial charge in [-0.05, 0) is 30.7 Å². The summed E-state index contributed by atoms with van der Waals surface area (Å²) >= 11 is 7.35. The lowest BCUT2D eigenvalue weighted by Crippen LogP contribution is -2.18. The third kappa shape index (κ3) is 2.17. The lowest BCUT2D eigenvalue weighted by molar-refractivity contribution is 0.719. The number of halogens is 1. The molecule has 0 saturated carbocycles. The average molecular weight is 291 g/mol. The summed E-state index contributed by atoms with van der Waals surface area (Å²) in [4.78, 5) is 17.5. The Labute approximate surface area is 119 Å². The first-order valence-electron chi connectivity index (χ1n) is 5.94. The molecular formula is C14H11ClN2OS. The number of aromatic nitrogens is 2. The largest absolute Gasteiger partial charge is 0.298 e. The zero-order valence-corrected chi connectivity index (χ0v) is 11.8. The predicted octanol–water partition coefficient (Wildman–Crippen LogP) is 3.80. The molecule has 0 saturated heterocycles. The van der Waals surface area contributed by atoms with Crippen LogP contribution >= 0.6 is 22.9 Å². The van der Waals surface area contributed by atoms with Crippen LogP contribution in [0.1, 0.15) is 6.92 Å². The summed E-state index contributed by atoms with van der Waals surface area (Å²) < 4.78 is 2.32. The number of hydrogen-bond donors (Lipinski definition) is 0. The summed E-state index contributed by atoms with van der Waals surface area (Å²) in [6.45, 7) is 2.57. The van der Waals surface area contributed by atoms with Gasteiger partial charge < -0.3 is 0 Å². The molecule has 0 aliphatic rings. The Morgan fingerprint density at radius 3 is 2.74 bits per heavy atom. The van der Waals surface area contributed by atoms with Crippen molar-refractivity contribution >= 4 is 33.2 Å². The van der Waals surface area contributed by atoms with Gasteiger partial charge in [0, 0.05) is 16.4 Å². The zero-order chi connectivity index (χ0) is 13.4. The topological polar surface area (TPSA) is 34.9 Å². The fourth-order valence-corrected chi connectivity index (χ4v) is 3.12. The Balaban J connectivity index is 2.19. The van der Waals surface area contributed by atoms with Gasteiger partial charge in [0.1, 0.15) is 4.70 Å². The normalized spacial score (nSPS) is 11.1. The Hall–Kier alpha value is -1.65. The Morgan fingerprint density at radius 2 is 2.05 bits per heavy atom. The third-order valence-electron chi connectivity index (χ3n) is 2.97. The minimum absolute atomic E-state index is 0.0257. The van der Waals surface area contributed by atoms with Crippen LogP contribution in [0, 0.1) is 0 Å². The minimum atomic E-state index is 0.0257. The number of thiophene rings is 1. The summed E-state index contributed by atoms with van der Waals surface area (Å²) in [6, 6.07) is 9.54. The van der Waals surface area contributed by atoms with Crippen LogP contribution in [0.5, 0.6) is 0 Å². The van der Waals surface area contributed by atoms with Crippen LogP contribution in [0.25, 0.3) is 20.7 Å². The molecule has 3 nitrogen and oxygen atoms in total. The van der Waals surface area contributed by atoms with Crippen molar-refractivity contribution in [3.63, 3.8) is 0 Å². The van der Waals surface area contributed by atoms with Crippen LogP contribution < -0.4 is 5.56 Å². The predicted molar refractivity (Wildman–Crippen MR) is 80.0 cm³/mol. The first kappa shape index (κ1) is 12.4. The van der Waals surface area contributed by atoms with Gasteiger partial charge in [-0.3, -0.25) is 9.36 Å². The van der Waals surface area contributed by atoms with E-state index in [0.717, 1.165) is 16.0 Å². The van der Waals surface area contributed by atoms with Gasteiger partial charge in [-0.25, -0.2) is 4.98 Å². The molecule has 2 heterocycles. The van der Waals surface area contributed by atoms with E-state index in [-0.39, 0.29) is 5.56 Å². The number of benzene rings is 1. The Morgan fingerprint density at radius 1 is 1.32 bits per heavy atom. The molecule has 3 rings (SSSR count). The number of nitrogens with zero attached hydrogens (tertiary/aromatic N) is 2. The molecule has 19 heavy (non-hydrogen) atoms. The molecule has 96 valence electrons. The molecule has 5 heteroatoms. The van der Waals surface area contributed by atoms with Crippen molar-refractivity contribution in [2.24, 2.45) is 0 Å². The molecule has 1 aromatic carbocycles. The highest BCUT2D eigenvalue weighted by molar-refractivity contribution is 7.22. The first-order chi connectivity index (χ1) is 9.19. The van der Waals surface area contributed by atoms with Gasteiger partial charge in [0.25, 0.3) is 5.56 Å². The fraction of sp³-hybridized carbons (Fsp3) is 0.143. The standard InChI is InChI=1S/C14H11ClN2OS/c1-2-17-8-16-11-7-12(19-13(11)14(17)18)9-3-5-10(15)6-4-9/h3-8H,2H2,1H3. The maximum Gasteiger partial charge on any atom is 0.271 e. The molecule has 3 aromatic rings. The van der Waals surface area contributed by atoms with Gasteiger partial charge >= 0.3 is 0 Å². The Bertz CT molecular complexity index is 789. The van der Waals surface area contributed by atoms with Gasteiger partial charge in [0.05, 0.1) is 11.8 Å². The molecule has 0 bridgehead atoms. The molecule has 0 radical (unpaired) electrons. The third-order valence-corrected chi connectivity index (χ3v) is 4.39. The Kier molecular flexibility index (Phi) is 3.12. The number of hydrogen-bond acceptors (Lipinski definition) is 3. The highest BCUT2D eigenvalue weighted by Crippen LogP contribution is 2.31. The SMILES string of the molecule is CCn1cnc2cc(-c3ccc(Cl)cc3)sc2c1=O. The number of aryl methyl sites for hydroxylation is 1. The van der Waals surface area contributed by atoms with Crippen LogP contribution in [-0.4, -0.2) is 9.55 Å². The summed E-state index contributed by atoms with van der Waals surface area (Å²) in [6.07, 6.45) is 1.60. The van der Waals surface area contributed by atoms with Crippen molar-refractivity contribution in [2.45, 2.75) is 13.5 Å². The second-order valence-corrected chi connectivity index (χ2v) is 5.66. The summed E-state index contributed by atoms with van der Waals surface area (Å²) in [5.74, 6) is 0. The van der Waals surface area contributed by atoms with Crippen molar-refractivity contribution in [2.75, 3.05) is 0 Å². The van der Waals surface area contributed by atoms with E-state index in [9.17, 15) is 4.79 Å². The zero-order valence-electron chi connectivity index (χ0n) is 10.3. The van der Waals surface area contributed by atoms with E-state index in [1.54, 1.807) is 10.9 Å². The summed E-state index contributed by atoms with van der Waals surface area (Å²) in [5, 5.41) is 0.705. The molecule has 0 atom stereocenters. The average Bonchev–Trinajstić information content (AvgIpc) is 2.85. The van der Waals surface area contributed by atoms with Gasteiger partial charge in [-0.2, -0.15) is 0 Å². The van der Waals surface area contributed by atoms with Crippen molar-refractivity contribution in [3.8, 4) is 10.4 Å². The molecule has 0 spiro atoms. The molecular weight excluding hydrogens is 280 g/mol. The monoisotopic (exact) mass is 290 g/mol. The van der Waals surface area contributed by atoms with Crippen LogP contribution in [0.2, 0.25) is 5.02 Å². The number of rotatable bonds is 2.